The largest absolute Gasteiger partial charge is 0.362 e. The molecule has 0 radical (unpaired) electrons. The van der Waals surface area contributed by atoms with Gasteiger partial charge in [-0.3, -0.25) is 4.79 Å². The lowest BCUT2D eigenvalue weighted by Gasteiger charge is -2.25. The van der Waals surface area contributed by atoms with Crippen molar-refractivity contribution < 1.29 is 13.2 Å². The summed E-state index contributed by atoms with van der Waals surface area (Å²) in [4.78, 5) is 15.8. The van der Waals surface area contributed by atoms with Gasteiger partial charge in [0.2, 0.25) is 10.0 Å². The minimum atomic E-state index is -3.46. The Balaban J connectivity index is 1.59. The van der Waals surface area contributed by atoms with E-state index >= 15 is 0 Å². The third-order valence-corrected chi connectivity index (χ3v) is 6.92. The molecule has 0 bridgehead atoms. The van der Waals surface area contributed by atoms with Gasteiger partial charge in [0.25, 0.3) is 5.91 Å². The summed E-state index contributed by atoms with van der Waals surface area (Å²) in [6, 6.07) is 8.30. The van der Waals surface area contributed by atoms with E-state index in [4.69, 9.17) is 0 Å². The van der Waals surface area contributed by atoms with E-state index in [0.717, 1.165) is 37.1 Å². The van der Waals surface area contributed by atoms with E-state index < -0.39 is 10.0 Å². The van der Waals surface area contributed by atoms with Crippen LogP contribution in [0.4, 0.5) is 0 Å². The van der Waals surface area contributed by atoms with Gasteiger partial charge in [-0.1, -0.05) is 6.42 Å². The first-order chi connectivity index (χ1) is 12.9. The lowest BCUT2D eigenvalue weighted by molar-refractivity contribution is 0.0954. The summed E-state index contributed by atoms with van der Waals surface area (Å²) in [5.74, 6) is -0.193. The minimum absolute atomic E-state index is 0.193. The van der Waals surface area contributed by atoms with Gasteiger partial charge < -0.3 is 10.3 Å². The van der Waals surface area contributed by atoms with Crippen molar-refractivity contribution in [2.45, 2.75) is 44.4 Å². The maximum atomic E-state index is 12.7. The smallest absolute Gasteiger partial charge is 0.251 e. The fourth-order valence-corrected chi connectivity index (χ4v) is 5.00. The van der Waals surface area contributed by atoms with Crippen LogP contribution in [0.5, 0.6) is 0 Å². The second-order valence-electron chi connectivity index (χ2n) is 7.10. The molecule has 1 aromatic heterocycles. The molecule has 1 saturated heterocycles. The fourth-order valence-electron chi connectivity index (χ4n) is 3.49. The minimum Gasteiger partial charge on any atom is -0.362 e. The van der Waals surface area contributed by atoms with E-state index in [1.54, 1.807) is 12.1 Å². The molecule has 1 aliphatic rings. The average Bonchev–Trinajstić information content (AvgIpc) is 2.99. The highest BCUT2D eigenvalue weighted by atomic mass is 32.2. The number of aromatic amines is 1. The van der Waals surface area contributed by atoms with Crippen molar-refractivity contribution in [3.8, 4) is 0 Å². The molecule has 1 amide bonds. The summed E-state index contributed by atoms with van der Waals surface area (Å²) in [6.45, 7) is 5.70. The van der Waals surface area contributed by atoms with Gasteiger partial charge in [-0.25, -0.2) is 8.42 Å². The van der Waals surface area contributed by atoms with E-state index in [1.807, 2.05) is 13.8 Å². The molecule has 0 unspecified atom stereocenters. The monoisotopic (exact) mass is 389 g/mol. The zero-order chi connectivity index (χ0) is 19.4. The van der Waals surface area contributed by atoms with Crippen LogP contribution in [0.3, 0.4) is 0 Å². The third-order valence-electron chi connectivity index (χ3n) is 5.01. The normalized spacial score (nSPS) is 15.6. The molecule has 2 N–H and O–H groups in total. The molecule has 1 aliphatic heterocycles. The summed E-state index contributed by atoms with van der Waals surface area (Å²) in [5, 5.41) is 2.89. The van der Waals surface area contributed by atoms with Crippen LogP contribution >= 0.6 is 0 Å². The van der Waals surface area contributed by atoms with Gasteiger partial charge in [0.1, 0.15) is 0 Å². The second-order valence-corrected chi connectivity index (χ2v) is 9.04. The number of benzene rings is 1. The topological polar surface area (TPSA) is 82.3 Å². The molecular weight excluding hydrogens is 362 g/mol. The van der Waals surface area contributed by atoms with Crippen LogP contribution in [-0.2, 0) is 16.4 Å². The quantitative estimate of drug-likeness (QED) is 0.797. The summed E-state index contributed by atoms with van der Waals surface area (Å²) in [7, 11) is -3.46. The molecule has 1 fully saturated rings. The molecule has 0 aliphatic carbocycles. The van der Waals surface area contributed by atoms with Gasteiger partial charge in [-0.05, 0) is 69.0 Å². The van der Waals surface area contributed by atoms with Gasteiger partial charge in [0, 0.05) is 36.6 Å². The summed E-state index contributed by atoms with van der Waals surface area (Å²) in [6.07, 6.45) is 3.63. The molecule has 146 valence electrons. The van der Waals surface area contributed by atoms with Crippen molar-refractivity contribution in [3.63, 3.8) is 0 Å². The van der Waals surface area contributed by atoms with Gasteiger partial charge in [0.15, 0.2) is 0 Å². The molecule has 6 nitrogen and oxygen atoms in total. The van der Waals surface area contributed by atoms with Crippen LogP contribution in [0.2, 0.25) is 0 Å². The zero-order valence-electron chi connectivity index (χ0n) is 15.9. The first kappa shape index (κ1) is 19.6. The van der Waals surface area contributed by atoms with E-state index in [-0.39, 0.29) is 10.8 Å². The maximum Gasteiger partial charge on any atom is 0.251 e. The van der Waals surface area contributed by atoms with Crippen molar-refractivity contribution in [2.75, 3.05) is 19.6 Å². The van der Waals surface area contributed by atoms with Crippen LogP contribution in [0.25, 0.3) is 0 Å². The lowest BCUT2D eigenvalue weighted by Crippen LogP contribution is -2.35. The number of hydrogen-bond donors (Lipinski definition) is 2. The zero-order valence-corrected chi connectivity index (χ0v) is 16.7. The van der Waals surface area contributed by atoms with Gasteiger partial charge in [-0.15, -0.1) is 0 Å². The average molecular weight is 390 g/mol. The number of amides is 1. The van der Waals surface area contributed by atoms with E-state index in [1.165, 1.54) is 22.0 Å². The van der Waals surface area contributed by atoms with Gasteiger partial charge in [0.05, 0.1) is 4.90 Å². The predicted molar refractivity (Wildman–Crippen MR) is 105 cm³/mol. The Morgan fingerprint density at radius 1 is 1.11 bits per heavy atom. The van der Waals surface area contributed by atoms with Gasteiger partial charge >= 0.3 is 0 Å². The van der Waals surface area contributed by atoms with Crippen molar-refractivity contribution in [1.29, 1.82) is 0 Å². The predicted octanol–water partition coefficient (Wildman–Crippen LogP) is 2.78. The highest BCUT2D eigenvalue weighted by molar-refractivity contribution is 7.89. The molecule has 1 aromatic carbocycles. The number of carbonyl (C=O) groups is 1. The van der Waals surface area contributed by atoms with Crippen LogP contribution in [0, 0.1) is 13.8 Å². The van der Waals surface area contributed by atoms with Crippen LogP contribution in [0.15, 0.2) is 35.2 Å². The lowest BCUT2D eigenvalue weighted by atomic mass is 10.1. The highest BCUT2D eigenvalue weighted by Gasteiger charge is 2.25. The molecule has 3 rings (SSSR count). The Labute approximate surface area is 161 Å². The number of aryl methyl sites for hydroxylation is 2. The number of hydrogen-bond acceptors (Lipinski definition) is 3. The van der Waals surface area contributed by atoms with Crippen molar-refractivity contribution in [1.82, 2.24) is 14.6 Å². The third kappa shape index (κ3) is 4.59. The van der Waals surface area contributed by atoms with E-state index in [0.29, 0.717) is 25.2 Å². The van der Waals surface area contributed by atoms with Gasteiger partial charge in [-0.2, -0.15) is 4.31 Å². The Bertz CT molecular complexity index is 895. The Kier molecular flexibility index (Phi) is 6.01. The molecule has 0 saturated carbocycles. The van der Waals surface area contributed by atoms with E-state index in [9.17, 15) is 13.2 Å². The number of aromatic nitrogens is 1. The summed E-state index contributed by atoms with van der Waals surface area (Å²) in [5.41, 5.74) is 3.89. The fraction of sp³-hybridized carbons (Fsp3) is 0.450. The second kappa shape index (κ2) is 8.27. The van der Waals surface area contributed by atoms with Crippen LogP contribution < -0.4 is 5.32 Å². The molecule has 7 heteroatoms. The number of carbonyl (C=O) groups excluding carboxylic acids is 1. The van der Waals surface area contributed by atoms with Crippen molar-refractivity contribution in [3.05, 3.63) is 52.8 Å². The van der Waals surface area contributed by atoms with Crippen molar-refractivity contribution in [2.24, 2.45) is 0 Å². The molecule has 0 atom stereocenters. The highest BCUT2D eigenvalue weighted by Crippen LogP contribution is 2.20. The maximum absolute atomic E-state index is 12.7. The number of piperidine rings is 1. The Hall–Kier alpha value is -2.12. The van der Waals surface area contributed by atoms with Crippen molar-refractivity contribution >= 4 is 15.9 Å². The molecule has 27 heavy (non-hydrogen) atoms. The number of sulfonamides is 1. The Morgan fingerprint density at radius 2 is 1.78 bits per heavy atom. The SMILES string of the molecule is Cc1cc(CCNC(=O)c2ccc(S(=O)(=O)N3CCCCC3)cc2)c(C)[nH]1. The summed E-state index contributed by atoms with van der Waals surface area (Å²) >= 11 is 0. The molecule has 2 heterocycles. The van der Waals surface area contributed by atoms with Crippen LogP contribution in [0.1, 0.15) is 46.6 Å². The number of H-pyrrole nitrogens is 1. The molecule has 2 aromatic rings. The van der Waals surface area contributed by atoms with Crippen LogP contribution in [-0.4, -0.2) is 43.2 Å². The summed E-state index contributed by atoms with van der Waals surface area (Å²) < 4.78 is 26.8. The number of nitrogens with zero attached hydrogens (tertiary/aromatic N) is 1. The first-order valence-electron chi connectivity index (χ1n) is 9.41. The standard InChI is InChI=1S/C20H27N3O3S/c1-15-14-18(16(2)22-15)10-11-21-20(24)17-6-8-19(9-7-17)27(25,26)23-12-4-3-5-13-23/h6-9,14,22H,3-5,10-13H2,1-2H3,(H,21,24). The number of nitrogens with one attached hydrogen (secondary N) is 2. The Morgan fingerprint density at radius 3 is 2.37 bits per heavy atom. The number of rotatable bonds is 6. The molecule has 0 spiro atoms. The molecular formula is C20H27N3O3S. The first-order valence-corrected chi connectivity index (χ1v) is 10.9. The van der Waals surface area contributed by atoms with E-state index in [2.05, 4.69) is 16.4 Å².